The molecule has 0 aromatic heterocycles. The van der Waals surface area contributed by atoms with Crippen LogP contribution in [0, 0.1) is 0 Å². The molecule has 1 N–H and O–H groups in total. The molecule has 0 bridgehead atoms. The van der Waals surface area contributed by atoms with Crippen molar-refractivity contribution in [1.29, 1.82) is 0 Å². The summed E-state index contributed by atoms with van der Waals surface area (Å²) in [4.78, 5) is 0. The largest absolute Gasteiger partial charge is 0.496 e. The number of hydrogen-bond acceptors (Lipinski definition) is 3. The lowest BCUT2D eigenvalue weighted by molar-refractivity contribution is 0.412. The molecule has 2 rings (SSSR count). The average molecular weight is 370 g/mol. The Morgan fingerprint density at radius 3 is 2.24 bits per heavy atom. The van der Waals surface area contributed by atoms with E-state index in [1.54, 1.807) is 19.2 Å². The highest BCUT2D eigenvalue weighted by molar-refractivity contribution is 9.10. The van der Waals surface area contributed by atoms with E-state index in [1.807, 2.05) is 30.3 Å². The summed E-state index contributed by atoms with van der Waals surface area (Å²) in [5, 5.41) is 0. The van der Waals surface area contributed by atoms with Crippen LogP contribution in [0.5, 0.6) is 5.75 Å². The van der Waals surface area contributed by atoms with Crippen molar-refractivity contribution in [2.75, 3.05) is 18.1 Å². The highest BCUT2D eigenvalue weighted by Gasteiger charge is 2.04. The molecule has 0 radical (unpaired) electrons. The van der Waals surface area contributed by atoms with Crippen LogP contribution in [0.2, 0.25) is 0 Å². The minimum atomic E-state index is -3.23. The van der Waals surface area contributed by atoms with Gasteiger partial charge in [-0.15, -0.1) is 0 Å². The second kappa shape index (κ2) is 6.49. The molecule has 112 valence electrons. The van der Waals surface area contributed by atoms with Crippen molar-refractivity contribution < 1.29 is 13.2 Å². The van der Waals surface area contributed by atoms with E-state index >= 15 is 0 Å². The fourth-order valence-corrected chi connectivity index (χ4v) is 3.11. The van der Waals surface area contributed by atoms with Crippen molar-refractivity contribution >= 4 is 31.6 Å². The first-order valence-corrected chi connectivity index (χ1v) is 8.95. The highest BCUT2D eigenvalue weighted by atomic mass is 79.9. The molecule has 0 aliphatic carbocycles. The summed E-state index contributed by atoms with van der Waals surface area (Å²) >= 11 is 3.46. The van der Waals surface area contributed by atoms with Crippen LogP contribution in [-0.2, 0) is 16.4 Å². The van der Waals surface area contributed by atoms with Gasteiger partial charge >= 0.3 is 0 Å². The second-order valence-electron chi connectivity index (χ2n) is 4.72. The molecule has 0 fully saturated rings. The summed E-state index contributed by atoms with van der Waals surface area (Å²) in [6.45, 7) is 0. The zero-order valence-electron chi connectivity index (χ0n) is 11.8. The zero-order chi connectivity index (χ0) is 15.5. The molecule has 0 saturated heterocycles. The number of benzene rings is 2. The maximum Gasteiger partial charge on any atom is 0.229 e. The molecular formula is C15H16BrNO3S. The quantitative estimate of drug-likeness (QED) is 0.878. The van der Waals surface area contributed by atoms with E-state index in [2.05, 4.69) is 20.7 Å². The molecule has 6 heteroatoms. The van der Waals surface area contributed by atoms with Gasteiger partial charge in [0.25, 0.3) is 0 Å². The number of hydrogen-bond donors (Lipinski definition) is 1. The normalized spacial score (nSPS) is 11.2. The molecule has 0 atom stereocenters. The third kappa shape index (κ3) is 4.75. The van der Waals surface area contributed by atoms with Crippen LogP contribution in [0.1, 0.15) is 11.1 Å². The van der Waals surface area contributed by atoms with Crippen molar-refractivity contribution in [2.45, 2.75) is 6.42 Å². The van der Waals surface area contributed by atoms with Crippen LogP contribution in [0.3, 0.4) is 0 Å². The van der Waals surface area contributed by atoms with Crippen LogP contribution in [0.25, 0.3) is 0 Å². The van der Waals surface area contributed by atoms with Gasteiger partial charge in [-0.25, -0.2) is 8.42 Å². The summed E-state index contributed by atoms with van der Waals surface area (Å²) < 4.78 is 30.9. The van der Waals surface area contributed by atoms with Crippen molar-refractivity contribution in [3.63, 3.8) is 0 Å². The van der Waals surface area contributed by atoms with E-state index in [0.29, 0.717) is 5.69 Å². The van der Waals surface area contributed by atoms with Gasteiger partial charge in [-0.2, -0.15) is 0 Å². The number of methoxy groups -OCH3 is 1. The van der Waals surface area contributed by atoms with E-state index in [0.717, 1.165) is 34.0 Å². The van der Waals surface area contributed by atoms with E-state index < -0.39 is 10.0 Å². The van der Waals surface area contributed by atoms with Gasteiger partial charge in [0.1, 0.15) is 5.75 Å². The number of ether oxygens (including phenoxy) is 1. The van der Waals surface area contributed by atoms with Crippen molar-refractivity contribution in [3.05, 3.63) is 58.1 Å². The fourth-order valence-electron chi connectivity index (χ4n) is 1.96. The first-order chi connectivity index (χ1) is 9.87. The first kappa shape index (κ1) is 15.9. The molecule has 0 unspecified atom stereocenters. The number of nitrogens with one attached hydrogen (secondary N) is 1. The Morgan fingerprint density at radius 2 is 1.71 bits per heavy atom. The molecule has 0 aliphatic rings. The lowest BCUT2D eigenvalue weighted by Gasteiger charge is -2.08. The van der Waals surface area contributed by atoms with Gasteiger partial charge in [0.05, 0.1) is 17.8 Å². The maximum atomic E-state index is 11.1. The second-order valence-corrected chi connectivity index (χ2v) is 7.32. The van der Waals surface area contributed by atoms with E-state index in [1.165, 1.54) is 0 Å². The van der Waals surface area contributed by atoms with Crippen LogP contribution >= 0.6 is 15.9 Å². The molecule has 0 amide bonds. The van der Waals surface area contributed by atoms with Gasteiger partial charge in [-0.3, -0.25) is 4.72 Å². The van der Waals surface area contributed by atoms with Crippen molar-refractivity contribution in [1.82, 2.24) is 0 Å². The van der Waals surface area contributed by atoms with Crippen molar-refractivity contribution in [3.8, 4) is 5.75 Å². The van der Waals surface area contributed by atoms with Crippen LogP contribution in [-0.4, -0.2) is 21.8 Å². The molecule has 0 spiro atoms. The topological polar surface area (TPSA) is 55.4 Å². The lowest BCUT2D eigenvalue weighted by Crippen LogP contribution is -2.09. The van der Waals surface area contributed by atoms with Crippen LogP contribution < -0.4 is 9.46 Å². The summed E-state index contributed by atoms with van der Waals surface area (Å²) in [7, 11) is -1.60. The molecule has 4 nitrogen and oxygen atoms in total. The van der Waals surface area contributed by atoms with Gasteiger partial charge in [0, 0.05) is 5.69 Å². The number of rotatable bonds is 5. The number of halogens is 1. The maximum absolute atomic E-state index is 11.1. The third-order valence-electron chi connectivity index (χ3n) is 2.88. The summed E-state index contributed by atoms with van der Waals surface area (Å²) in [6, 6.07) is 13.3. The number of sulfonamides is 1. The summed E-state index contributed by atoms with van der Waals surface area (Å²) in [5.74, 6) is 0.798. The Bertz CT molecular complexity index is 727. The molecule has 0 heterocycles. The van der Waals surface area contributed by atoms with Crippen LogP contribution in [0.15, 0.2) is 46.9 Å². The Labute approximate surface area is 133 Å². The predicted molar refractivity (Wildman–Crippen MR) is 88.4 cm³/mol. The SMILES string of the molecule is COc1ccc(Cc2ccc(NS(C)(=O)=O)cc2)cc1Br. The zero-order valence-corrected chi connectivity index (χ0v) is 14.2. The smallest absolute Gasteiger partial charge is 0.229 e. The molecule has 2 aromatic carbocycles. The van der Waals surface area contributed by atoms with Gasteiger partial charge in [0.15, 0.2) is 0 Å². The molecule has 0 aliphatic heterocycles. The molecular weight excluding hydrogens is 354 g/mol. The average Bonchev–Trinajstić information content (AvgIpc) is 2.40. The Morgan fingerprint density at radius 1 is 1.10 bits per heavy atom. The monoisotopic (exact) mass is 369 g/mol. The van der Waals surface area contributed by atoms with Gasteiger partial charge in [-0.1, -0.05) is 18.2 Å². The van der Waals surface area contributed by atoms with E-state index in [9.17, 15) is 8.42 Å². The Balaban J connectivity index is 2.11. The van der Waals surface area contributed by atoms with Gasteiger partial charge < -0.3 is 4.74 Å². The van der Waals surface area contributed by atoms with Gasteiger partial charge in [-0.05, 0) is 57.7 Å². The molecule has 21 heavy (non-hydrogen) atoms. The highest BCUT2D eigenvalue weighted by Crippen LogP contribution is 2.26. The minimum Gasteiger partial charge on any atom is -0.496 e. The van der Waals surface area contributed by atoms with Crippen molar-refractivity contribution in [2.24, 2.45) is 0 Å². The standard InChI is InChI=1S/C15H16BrNO3S/c1-20-15-8-5-12(10-14(15)16)9-11-3-6-13(7-4-11)17-21(2,18)19/h3-8,10,17H,9H2,1-2H3. The summed E-state index contributed by atoms with van der Waals surface area (Å²) in [5.41, 5.74) is 2.81. The fraction of sp³-hybridized carbons (Fsp3) is 0.200. The predicted octanol–water partition coefficient (Wildman–Crippen LogP) is 3.42. The molecule has 0 saturated carbocycles. The summed E-state index contributed by atoms with van der Waals surface area (Å²) in [6.07, 6.45) is 1.90. The number of anilines is 1. The Kier molecular flexibility index (Phi) is 4.90. The first-order valence-electron chi connectivity index (χ1n) is 6.26. The minimum absolute atomic E-state index is 0.567. The lowest BCUT2D eigenvalue weighted by atomic mass is 10.0. The third-order valence-corrected chi connectivity index (χ3v) is 4.11. The molecule has 2 aromatic rings. The van der Waals surface area contributed by atoms with E-state index in [4.69, 9.17) is 4.74 Å². The van der Waals surface area contributed by atoms with Gasteiger partial charge in [0.2, 0.25) is 10.0 Å². The van der Waals surface area contributed by atoms with E-state index in [-0.39, 0.29) is 0 Å². The Hall–Kier alpha value is -1.53. The van der Waals surface area contributed by atoms with Crippen LogP contribution in [0.4, 0.5) is 5.69 Å².